The molecule has 0 amide bonds. The summed E-state index contributed by atoms with van der Waals surface area (Å²) in [6.07, 6.45) is 9.13. The van der Waals surface area contributed by atoms with Gasteiger partial charge < -0.3 is 4.74 Å². The predicted octanol–water partition coefficient (Wildman–Crippen LogP) is 4.64. The summed E-state index contributed by atoms with van der Waals surface area (Å²) in [5.74, 6) is 0.794. The van der Waals surface area contributed by atoms with Crippen molar-refractivity contribution in [2.75, 3.05) is 7.11 Å². The first kappa shape index (κ1) is 13.9. The summed E-state index contributed by atoms with van der Waals surface area (Å²) in [7, 11) is 1.78. The maximum Gasteiger partial charge on any atom is 0.163 e. The number of thiophene rings is 1. The molecule has 0 N–H and O–H groups in total. The number of hydrogen-bond donors (Lipinski definition) is 0. The molecule has 5 heteroatoms. The smallest absolute Gasteiger partial charge is 0.163 e. The Morgan fingerprint density at radius 2 is 1.90 bits per heavy atom. The molecule has 21 heavy (non-hydrogen) atoms. The highest BCUT2D eigenvalue weighted by Crippen LogP contribution is 2.43. The fraction of sp³-hybridized carbons (Fsp3) is 0.625. The van der Waals surface area contributed by atoms with Crippen molar-refractivity contribution in [2.45, 2.75) is 57.0 Å². The van der Waals surface area contributed by atoms with E-state index >= 15 is 0 Å². The van der Waals surface area contributed by atoms with E-state index in [1.807, 2.05) is 0 Å². The fourth-order valence-electron chi connectivity index (χ4n) is 3.80. The van der Waals surface area contributed by atoms with E-state index in [2.05, 4.69) is 4.98 Å². The van der Waals surface area contributed by atoms with Gasteiger partial charge in [-0.1, -0.05) is 30.9 Å². The molecule has 4 rings (SSSR count). The molecule has 0 aromatic carbocycles. The Morgan fingerprint density at radius 1 is 1.10 bits per heavy atom. The number of hydrogen-bond acceptors (Lipinski definition) is 4. The van der Waals surface area contributed by atoms with Gasteiger partial charge in [-0.15, -0.1) is 11.3 Å². The zero-order valence-electron chi connectivity index (χ0n) is 12.2. The van der Waals surface area contributed by atoms with Gasteiger partial charge in [-0.2, -0.15) is 0 Å². The van der Waals surface area contributed by atoms with Gasteiger partial charge in [-0.05, 0) is 37.7 Å². The van der Waals surface area contributed by atoms with Gasteiger partial charge in [-0.25, -0.2) is 9.97 Å². The van der Waals surface area contributed by atoms with Crippen LogP contribution in [0.15, 0.2) is 0 Å². The molecule has 1 fully saturated rings. The van der Waals surface area contributed by atoms with E-state index in [0.29, 0.717) is 5.15 Å². The molecule has 2 heterocycles. The lowest BCUT2D eigenvalue weighted by Gasteiger charge is -2.34. The Balaban J connectivity index is 1.86. The van der Waals surface area contributed by atoms with E-state index in [9.17, 15) is 0 Å². The monoisotopic (exact) mass is 322 g/mol. The Labute approximate surface area is 133 Å². The van der Waals surface area contributed by atoms with Crippen LogP contribution in [0.25, 0.3) is 10.2 Å². The number of ether oxygens (including phenoxy) is 1. The van der Waals surface area contributed by atoms with E-state index in [1.54, 1.807) is 18.4 Å². The largest absolute Gasteiger partial charge is 0.370 e. The highest BCUT2D eigenvalue weighted by Gasteiger charge is 2.38. The van der Waals surface area contributed by atoms with Crippen LogP contribution in [-0.4, -0.2) is 17.1 Å². The van der Waals surface area contributed by atoms with Crippen LogP contribution in [0.4, 0.5) is 0 Å². The Hall–Kier alpha value is -0.710. The molecule has 0 atom stereocenters. The SMILES string of the molecule is COC1(c2nc(Cl)c3c4c(sc3n2)CCC4)CCCCC1. The molecule has 0 spiro atoms. The molecule has 112 valence electrons. The Bertz CT molecular complexity index is 691. The van der Waals surface area contributed by atoms with Crippen LogP contribution < -0.4 is 0 Å². The molecule has 2 aromatic heterocycles. The molecule has 2 aliphatic rings. The third-order valence-electron chi connectivity index (χ3n) is 4.98. The summed E-state index contributed by atoms with van der Waals surface area (Å²) in [5.41, 5.74) is 1.06. The highest BCUT2D eigenvalue weighted by molar-refractivity contribution is 7.19. The third-order valence-corrected chi connectivity index (χ3v) is 6.44. The topological polar surface area (TPSA) is 35.0 Å². The lowest BCUT2D eigenvalue weighted by Crippen LogP contribution is -2.33. The van der Waals surface area contributed by atoms with Gasteiger partial charge in [0.25, 0.3) is 0 Å². The van der Waals surface area contributed by atoms with Crippen molar-refractivity contribution < 1.29 is 4.74 Å². The second-order valence-corrected chi connectivity index (χ2v) is 7.58. The number of aryl methyl sites for hydroxylation is 2. The molecule has 1 saturated carbocycles. The molecular formula is C16H19ClN2OS. The quantitative estimate of drug-likeness (QED) is 0.755. The zero-order valence-corrected chi connectivity index (χ0v) is 13.8. The maximum absolute atomic E-state index is 6.53. The first-order valence-corrected chi connectivity index (χ1v) is 8.96. The van der Waals surface area contributed by atoms with Crippen LogP contribution in [0.2, 0.25) is 5.15 Å². The number of nitrogens with zero attached hydrogens (tertiary/aromatic N) is 2. The van der Waals surface area contributed by atoms with Crippen molar-refractivity contribution in [3.63, 3.8) is 0 Å². The number of methoxy groups -OCH3 is 1. The van der Waals surface area contributed by atoms with Crippen LogP contribution in [0.3, 0.4) is 0 Å². The standard InChI is InChI=1S/C16H19ClN2OS/c1-20-16(8-3-2-4-9-16)15-18-13(17)12-10-6-5-7-11(10)21-14(12)19-15/h2-9H2,1H3. The van der Waals surface area contributed by atoms with E-state index in [4.69, 9.17) is 21.3 Å². The van der Waals surface area contributed by atoms with Crippen LogP contribution >= 0.6 is 22.9 Å². The summed E-state index contributed by atoms with van der Waals surface area (Å²) in [6.45, 7) is 0. The van der Waals surface area contributed by atoms with Gasteiger partial charge in [0.2, 0.25) is 0 Å². The predicted molar refractivity (Wildman–Crippen MR) is 86.2 cm³/mol. The summed E-state index contributed by atoms with van der Waals surface area (Å²) >= 11 is 8.32. The van der Waals surface area contributed by atoms with E-state index in [1.165, 1.54) is 36.1 Å². The van der Waals surface area contributed by atoms with Crippen LogP contribution in [0.5, 0.6) is 0 Å². The van der Waals surface area contributed by atoms with E-state index < -0.39 is 0 Å². The van der Waals surface area contributed by atoms with E-state index in [0.717, 1.165) is 41.7 Å². The minimum Gasteiger partial charge on any atom is -0.370 e. The second-order valence-electron chi connectivity index (χ2n) is 6.13. The molecular weight excluding hydrogens is 304 g/mol. The molecule has 3 nitrogen and oxygen atoms in total. The van der Waals surface area contributed by atoms with Crippen LogP contribution in [-0.2, 0) is 23.2 Å². The minimum absolute atomic E-state index is 0.329. The van der Waals surface area contributed by atoms with Crippen molar-refractivity contribution in [1.82, 2.24) is 9.97 Å². The van der Waals surface area contributed by atoms with Gasteiger partial charge in [0.05, 0.1) is 5.39 Å². The number of aromatic nitrogens is 2. The lowest BCUT2D eigenvalue weighted by molar-refractivity contribution is -0.0512. The normalized spacial score (nSPS) is 20.9. The number of fused-ring (bicyclic) bond motifs is 3. The minimum atomic E-state index is -0.329. The zero-order chi connectivity index (χ0) is 14.4. The molecule has 0 unspecified atom stereocenters. The second kappa shape index (κ2) is 5.18. The highest BCUT2D eigenvalue weighted by atomic mass is 35.5. The average Bonchev–Trinajstić information content (AvgIpc) is 3.08. The molecule has 2 aliphatic carbocycles. The first-order valence-electron chi connectivity index (χ1n) is 7.77. The molecule has 0 saturated heterocycles. The Morgan fingerprint density at radius 3 is 2.67 bits per heavy atom. The van der Waals surface area contributed by atoms with Crippen LogP contribution in [0.1, 0.15) is 54.8 Å². The van der Waals surface area contributed by atoms with Crippen LogP contribution in [0, 0.1) is 0 Å². The summed E-state index contributed by atoms with van der Waals surface area (Å²) in [5, 5.41) is 1.72. The van der Waals surface area contributed by atoms with Gasteiger partial charge in [0.15, 0.2) is 5.82 Å². The van der Waals surface area contributed by atoms with Gasteiger partial charge in [0.1, 0.15) is 15.6 Å². The molecule has 0 aliphatic heterocycles. The number of halogens is 1. The van der Waals surface area contributed by atoms with Crippen molar-refractivity contribution >= 4 is 33.2 Å². The van der Waals surface area contributed by atoms with Gasteiger partial charge in [-0.3, -0.25) is 0 Å². The first-order chi connectivity index (χ1) is 10.2. The van der Waals surface area contributed by atoms with Crippen molar-refractivity contribution in [3.8, 4) is 0 Å². The summed E-state index contributed by atoms with van der Waals surface area (Å²) < 4.78 is 5.87. The number of rotatable bonds is 2. The Kier molecular flexibility index (Phi) is 3.43. The molecule has 0 radical (unpaired) electrons. The summed E-state index contributed by atoms with van der Waals surface area (Å²) in [4.78, 5) is 12.0. The summed E-state index contributed by atoms with van der Waals surface area (Å²) in [6, 6.07) is 0. The lowest BCUT2D eigenvalue weighted by atomic mass is 9.84. The van der Waals surface area contributed by atoms with Crippen molar-refractivity contribution in [2.24, 2.45) is 0 Å². The van der Waals surface area contributed by atoms with Crippen molar-refractivity contribution in [1.29, 1.82) is 0 Å². The van der Waals surface area contributed by atoms with Gasteiger partial charge in [0, 0.05) is 12.0 Å². The molecule has 0 bridgehead atoms. The average molecular weight is 323 g/mol. The fourth-order valence-corrected chi connectivity index (χ4v) is 5.40. The molecule has 2 aromatic rings. The van der Waals surface area contributed by atoms with Crippen molar-refractivity contribution in [3.05, 3.63) is 21.4 Å². The van der Waals surface area contributed by atoms with Gasteiger partial charge >= 0.3 is 0 Å². The third kappa shape index (κ3) is 2.11. The van der Waals surface area contributed by atoms with E-state index in [-0.39, 0.29) is 5.60 Å². The maximum atomic E-state index is 6.53.